The van der Waals surface area contributed by atoms with Crippen LogP contribution in [0.1, 0.15) is 44.9 Å². The number of hydrogen-bond donors (Lipinski definition) is 3. The van der Waals surface area contributed by atoms with Crippen molar-refractivity contribution < 1.29 is 9.59 Å². The van der Waals surface area contributed by atoms with Gasteiger partial charge in [-0.3, -0.25) is 4.79 Å². The second kappa shape index (κ2) is 9.78. The SMILES string of the molecule is Cl.NC1CCC(C(=O)Nc2ccc(NC(=O)N3CCCCCC3)cc2)C1. The molecule has 3 amide bonds. The Bertz CT molecular complexity index is 600. The molecular weight excluding hydrogens is 352 g/mol. The molecule has 2 aliphatic rings. The van der Waals surface area contributed by atoms with Gasteiger partial charge in [0.2, 0.25) is 5.91 Å². The first kappa shape index (κ1) is 20.5. The summed E-state index contributed by atoms with van der Waals surface area (Å²) < 4.78 is 0. The average molecular weight is 381 g/mol. The maximum atomic E-state index is 12.3. The summed E-state index contributed by atoms with van der Waals surface area (Å²) in [5.41, 5.74) is 7.36. The summed E-state index contributed by atoms with van der Waals surface area (Å²) in [5.74, 6) is 0.0479. The number of rotatable bonds is 3. The van der Waals surface area contributed by atoms with Gasteiger partial charge in [0.05, 0.1) is 0 Å². The van der Waals surface area contributed by atoms with Gasteiger partial charge in [0.25, 0.3) is 0 Å². The number of carbonyl (C=O) groups is 2. The van der Waals surface area contributed by atoms with Gasteiger partial charge in [-0.05, 0) is 56.4 Å². The van der Waals surface area contributed by atoms with E-state index >= 15 is 0 Å². The van der Waals surface area contributed by atoms with Crippen molar-refractivity contribution in [2.24, 2.45) is 11.7 Å². The van der Waals surface area contributed by atoms with E-state index in [0.29, 0.717) is 0 Å². The van der Waals surface area contributed by atoms with Crippen LogP contribution >= 0.6 is 12.4 Å². The number of nitrogens with two attached hydrogens (primary N) is 1. The summed E-state index contributed by atoms with van der Waals surface area (Å²) in [6.45, 7) is 1.65. The average Bonchev–Trinajstić information content (AvgIpc) is 2.87. The molecule has 6 nitrogen and oxygen atoms in total. The lowest BCUT2D eigenvalue weighted by molar-refractivity contribution is -0.119. The van der Waals surface area contributed by atoms with Crippen LogP contribution in [0.4, 0.5) is 16.2 Å². The standard InChI is InChI=1S/C19H28N4O2.ClH/c20-15-6-5-14(13-15)18(24)21-16-7-9-17(10-8-16)22-19(25)23-11-3-1-2-4-12-23;/h7-10,14-15H,1-6,11-13,20H2,(H,21,24)(H,22,25);1H. The third-order valence-electron chi connectivity index (χ3n) is 5.14. The van der Waals surface area contributed by atoms with E-state index < -0.39 is 0 Å². The van der Waals surface area contributed by atoms with Crippen molar-refractivity contribution in [3.8, 4) is 0 Å². The van der Waals surface area contributed by atoms with Gasteiger partial charge in [0, 0.05) is 36.4 Å². The molecule has 2 fully saturated rings. The van der Waals surface area contributed by atoms with Crippen molar-refractivity contribution >= 4 is 35.7 Å². The molecule has 7 heteroatoms. The normalized spacial score (nSPS) is 22.9. The molecule has 1 saturated carbocycles. The van der Waals surface area contributed by atoms with Crippen LogP contribution in [0, 0.1) is 5.92 Å². The van der Waals surface area contributed by atoms with Gasteiger partial charge < -0.3 is 21.3 Å². The largest absolute Gasteiger partial charge is 0.328 e. The third-order valence-corrected chi connectivity index (χ3v) is 5.14. The molecule has 1 aliphatic carbocycles. The molecule has 0 radical (unpaired) electrons. The molecule has 1 aromatic rings. The highest BCUT2D eigenvalue weighted by atomic mass is 35.5. The first-order valence-corrected chi connectivity index (χ1v) is 9.34. The van der Waals surface area contributed by atoms with E-state index in [2.05, 4.69) is 10.6 Å². The minimum absolute atomic E-state index is 0. The number of benzene rings is 1. The van der Waals surface area contributed by atoms with E-state index in [-0.39, 0.29) is 36.3 Å². The number of amides is 3. The zero-order valence-corrected chi connectivity index (χ0v) is 15.9. The van der Waals surface area contributed by atoms with Crippen molar-refractivity contribution in [3.05, 3.63) is 24.3 Å². The fourth-order valence-electron chi connectivity index (χ4n) is 3.61. The van der Waals surface area contributed by atoms with E-state index in [9.17, 15) is 9.59 Å². The van der Waals surface area contributed by atoms with Crippen LogP contribution in [0.5, 0.6) is 0 Å². The van der Waals surface area contributed by atoms with Gasteiger partial charge >= 0.3 is 6.03 Å². The summed E-state index contributed by atoms with van der Waals surface area (Å²) in [6, 6.07) is 7.40. The highest BCUT2D eigenvalue weighted by Gasteiger charge is 2.27. The highest BCUT2D eigenvalue weighted by Crippen LogP contribution is 2.25. The van der Waals surface area contributed by atoms with Crippen LogP contribution in [0.15, 0.2) is 24.3 Å². The van der Waals surface area contributed by atoms with Gasteiger partial charge in [0.15, 0.2) is 0 Å². The highest BCUT2D eigenvalue weighted by molar-refractivity contribution is 5.93. The molecule has 0 aromatic heterocycles. The summed E-state index contributed by atoms with van der Waals surface area (Å²) in [4.78, 5) is 26.4. The van der Waals surface area contributed by atoms with Crippen LogP contribution in [0.3, 0.4) is 0 Å². The zero-order chi connectivity index (χ0) is 17.6. The Balaban J connectivity index is 0.00000243. The van der Waals surface area contributed by atoms with Crippen molar-refractivity contribution in [1.82, 2.24) is 4.90 Å². The number of halogens is 1. The Morgan fingerprint density at radius 3 is 2.04 bits per heavy atom. The Labute approximate surface area is 161 Å². The molecule has 144 valence electrons. The lowest BCUT2D eigenvalue weighted by Gasteiger charge is -2.20. The molecule has 0 bridgehead atoms. The van der Waals surface area contributed by atoms with Gasteiger partial charge in [-0.2, -0.15) is 0 Å². The quantitative estimate of drug-likeness (QED) is 0.748. The topological polar surface area (TPSA) is 87.5 Å². The Morgan fingerprint density at radius 1 is 0.923 bits per heavy atom. The molecule has 1 heterocycles. The van der Waals surface area contributed by atoms with Crippen LogP contribution in [-0.2, 0) is 4.79 Å². The minimum Gasteiger partial charge on any atom is -0.328 e. The molecule has 1 aromatic carbocycles. The first-order chi connectivity index (χ1) is 12.1. The van der Waals surface area contributed by atoms with Gasteiger partial charge in [0.1, 0.15) is 0 Å². The van der Waals surface area contributed by atoms with E-state index in [0.717, 1.165) is 56.6 Å². The number of hydrogen-bond acceptors (Lipinski definition) is 3. The minimum atomic E-state index is -0.0429. The number of carbonyl (C=O) groups excluding carboxylic acids is 2. The van der Waals surface area contributed by atoms with Crippen molar-refractivity contribution in [3.63, 3.8) is 0 Å². The lowest BCUT2D eigenvalue weighted by Crippen LogP contribution is -2.35. The number of nitrogens with one attached hydrogen (secondary N) is 2. The number of nitrogens with zero attached hydrogens (tertiary/aromatic N) is 1. The van der Waals surface area contributed by atoms with Crippen molar-refractivity contribution in [2.75, 3.05) is 23.7 Å². The van der Waals surface area contributed by atoms with Crippen LogP contribution in [-0.4, -0.2) is 36.0 Å². The number of likely N-dealkylation sites (tertiary alicyclic amines) is 1. The molecule has 4 N–H and O–H groups in total. The predicted molar refractivity (Wildman–Crippen MR) is 107 cm³/mol. The molecule has 1 aliphatic heterocycles. The Kier molecular flexibility index (Phi) is 7.72. The molecule has 26 heavy (non-hydrogen) atoms. The molecule has 0 spiro atoms. The lowest BCUT2D eigenvalue weighted by atomic mass is 10.1. The van der Waals surface area contributed by atoms with Crippen molar-refractivity contribution in [1.29, 1.82) is 0 Å². The summed E-state index contributed by atoms with van der Waals surface area (Å²) >= 11 is 0. The van der Waals surface area contributed by atoms with Gasteiger partial charge in [-0.25, -0.2) is 4.79 Å². The van der Waals surface area contributed by atoms with Crippen LogP contribution in [0.2, 0.25) is 0 Å². The molecular formula is C19H29ClN4O2. The van der Waals surface area contributed by atoms with Crippen LogP contribution in [0.25, 0.3) is 0 Å². The fraction of sp³-hybridized carbons (Fsp3) is 0.579. The number of anilines is 2. The van der Waals surface area contributed by atoms with Gasteiger partial charge in [-0.15, -0.1) is 12.4 Å². The Hall–Kier alpha value is -1.79. The van der Waals surface area contributed by atoms with Crippen molar-refractivity contribution in [2.45, 2.75) is 51.0 Å². The van der Waals surface area contributed by atoms with E-state index in [1.165, 1.54) is 12.8 Å². The Morgan fingerprint density at radius 2 is 1.50 bits per heavy atom. The first-order valence-electron chi connectivity index (χ1n) is 9.34. The van der Waals surface area contributed by atoms with E-state index in [1.54, 1.807) is 0 Å². The number of urea groups is 1. The molecule has 2 unspecified atom stereocenters. The second-order valence-corrected chi connectivity index (χ2v) is 7.17. The summed E-state index contributed by atoms with van der Waals surface area (Å²) in [7, 11) is 0. The summed E-state index contributed by atoms with van der Waals surface area (Å²) in [5, 5.41) is 5.88. The van der Waals surface area contributed by atoms with Crippen LogP contribution < -0.4 is 16.4 Å². The predicted octanol–water partition coefficient (Wildman–Crippen LogP) is 3.58. The monoisotopic (exact) mass is 380 g/mol. The molecule has 3 rings (SSSR count). The molecule has 1 saturated heterocycles. The summed E-state index contributed by atoms with van der Waals surface area (Å²) in [6.07, 6.45) is 7.08. The fourth-order valence-corrected chi connectivity index (χ4v) is 3.61. The maximum Gasteiger partial charge on any atom is 0.321 e. The van der Waals surface area contributed by atoms with E-state index in [1.807, 2.05) is 29.2 Å². The zero-order valence-electron chi connectivity index (χ0n) is 15.1. The third kappa shape index (κ3) is 5.61. The van der Waals surface area contributed by atoms with Gasteiger partial charge in [-0.1, -0.05) is 12.8 Å². The maximum absolute atomic E-state index is 12.3. The van der Waals surface area contributed by atoms with E-state index in [4.69, 9.17) is 5.73 Å². The second-order valence-electron chi connectivity index (χ2n) is 7.17. The molecule has 2 atom stereocenters. The smallest absolute Gasteiger partial charge is 0.321 e.